The Bertz CT molecular complexity index is 150. The second-order valence-electron chi connectivity index (χ2n) is 2.81. The lowest BCUT2D eigenvalue weighted by Gasteiger charge is -2.38. The quantitative estimate of drug-likeness (QED) is 0.288. The summed E-state index contributed by atoms with van der Waals surface area (Å²) in [5, 5.41) is 36.1. The second kappa shape index (κ2) is 3.65. The van der Waals surface area contributed by atoms with Gasteiger partial charge < -0.3 is 30.9 Å². The summed E-state index contributed by atoms with van der Waals surface area (Å²) in [5.41, 5.74) is 5.26. The molecule has 1 rings (SSSR count). The van der Waals surface area contributed by atoms with Crippen LogP contribution in [0, 0.1) is 0 Å². The maximum absolute atomic E-state index is 9.20. The molecule has 6 nitrogen and oxygen atoms in total. The molecule has 6 heteroatoms. The highest BCUT2D eigenvalue weighted by Gasteiger charge is 2.41. The van der Waals surface area contributed by atoms with E-state index in [1.165, 1.54) is 0 Å². The number of ether oxygens (including phenoxy) is 1. The van der Waals surface area contributed by atoms with Crippen LogP contribution in [0.3, 0.4) is 0 Å². The molecule has 0 spiro atoms. The highest BCUT2D eigenvalue weighted by Crippen LogP contribution is 2.17. The van der Waals surface area contributed by atoms with Crippen LogP contribution in [0.5, 0.6) is 0 Å². The van der Waals surface area contributed by atoms with Gasteiger partial charge in [-0.25, -0.2) is 0 Å². The zero-order valence-corrected chi connectivity index (χ0v) is 6.37. The summed E-state index contributed by atoms with van der Waals surface area (Å²) < 4.78 is 4.70. The van der Waals surface area contributed by atoms with E-state index < -0.39 is 37.3 Å². The average Bonchev–Trinajstić information content (AvgIpc) is 2.08. The summed E-state index contributed by atoms with van der Waals surface area (Å²) in [7, 11) is 0. The van der Waals surface area contributed by atoms with E-state index >= 15 is 0 Å². The van der Waals surface area contributed by atoms with Crippen molar-refractivity contribution in [1.29, 1.82) is 0 Å². The van der Waals surface area contributed by atoms with E-state index in [0.717, 1.165) is 0 Å². The first-order valence-corrected chi connectivity index (χ1v) is 3.64. The summed E-state index contributed by atoms with van der Waals surface area (Å²) in [4.78, 5) is 0. The Hall–Kier alpha value is -0.240. The Morgan fingerprint density at radius 2 is 1.75 bits per heavy atom. The van der Waals surface area contributed by atoms with Crippen LogP contribution in [0.15, 0.2) is 0 Å². The van der Waals surface area contributed by atoms with E-state index in [4.69, 9.17) is 20.7 Å². The summed E-state index contributed by atoms with van der Waals surface area (Å²) >= 11 is 0. The van der Waals surface area contributed by atoms with Gasteiger partial charge in [-0.3, -0.25) is 0 Å². The highest BCUT2D eigenvalue weighted by molar-refractivity contribution is 4.90. The van der Waals surface area contributed by atoms with E-state index in [1.54, 1.807) is 0 Å². The van der Waals surface area contributed by atoms with E-state index in [-0.39, 0.29) is 0 Å². The number of aliphatic hydroxyl groups is 4. The third-order valence-electron chi connectivity index (χ3n) is 1.95. The van der Waals surface area contributed by atoms with Crippen LogP contribution in [0.4, 0.5) is 0 Å². The lowest BCUT2D eigenvalue weighted by Crippen LogP contribution is -2.61. The van der Waals surface area contributed by atoms with Gasteiger partial charge >= 0.3 is 0 Å². The fourth-order valence-electron chi connectivity index (χ4n) is 1.12. The monoisotopic (exact) mass is 179 g/mol. The SMILES string of the molecule is N[C@@H]1[C@H](O)[C@H](O)[C@H](CO)O[C@@H]1O. The minimum absolute atomic E-state index is 0.470. The molecule has 1 aliphatic rings. The first-order valence-electron chi connectivity index (χ1n) is 3.64. The third-order valence-corrected chi connectivity index (χ3v) is 1.95. The van der Waals surface area contributed by atoms with Gasteiger partial charge in [0.1, 0.15) is 18.3 Å². The number of hydrogen-bond acceptors (Lipinski definition) is 6. The molecule has 1 aliphatic heterocycles. The van der Waals surface area contributed by atoms with Crippen molar-refractivity contribution in [2.24, 2.45) is 5.73 Å². The maximum atomic E-state index is 9.20. The topological polar surface area (TPSA) is 116 Å². The smallest absolute Gasteiger partial charge is 0.173 e. The van der Waals surface area contributed by atoms with E-state index in [0.29, 0.717) is 0 Å². The zero-order chi connectivity index (χ0) is 9.30. The molecule has 0 aromatic rings. The summed E-state index contributed by atoms with van der Waals surface area (Å²) in [6.45, 7) is -0.470. The largest absolute Gasteiger partial charge is 0.394 e. The second-order valence-corrected chi connectivity index (χ2v) is 2.81. The molecule has 0 aromatic carbocycles. The molecule has 0 saturated carbocycles. The van der Waals surface area contributed by atoms with Crippen molar-refractivity contribution in [2.75, 3.05) is 6.61 Å². The fraction of sp³-hybridized carbons (Fsp3) is 1.00. The van der Waals surface area contributed by atoms with Crippen LogP contribution in [0.2, 0.25) is 0 Å². The molecule has 0 unspecified atom stereocenters. The van der Waals surface area contributed by atoms with Crippen molar-refractivity contribution in [3.05, 3.63) is 0 Å². The van der Waals surface area contributed by atoms with E-state index in [9.17, 15) is 10.2 Å². The van der Waals surface area contributed by atoms with Crippen molar-refractivity contribution in [1.82, 2.24) is 0 Å². The lowest BCUT2D eigenvalue weighted by atomic mass is 9.98. The Kier molecular flexibility index (Phi) is 2.99. The molecule has 0 amide bonds. The lowest BCUT2D eigenvalue weighted by molar-refractivity contribution is -0.248. The number of nitrogens with two attached hydrogens (primary N) is 1. The van der Waals surface area contributed by atoms with Crippen LogP contribution >= 0.6 is 0 Å². The van der Waals surface area contributed by atoms with Crippen molar-refractivity contribution in [2.45, 2.75) is 30.6 Å². The van der Waals surface area contributed by atoms with Gasteiger partial charge in [-0.15, -0.1) is 0 Å². The predicted molar refractivity (Wildman–Crippen MR) is 38.0 cm³/mol. The molecule has 0 aliphatic carbocycles. The Labute approximate surface area is 69.2 Å². The Balaban J connectivity index is 2.63. The van der Waals surface area contributed by atoms with Gasteiger partial charge in [-0.05, 0) is 0 Å². The first kappa shape index (κ1) is 9.85. The number of hydrogen-bond donors (Lipinski definition) is 5. The van der Waals surface area contributed by atoms with Gasteiger partial charge in [0.25, 0.3) is 0 Å². The minimum Gasteiger partial charge on any atom is -0.394 e. The molecular weight excluding hydrogens is 166 g/mol. The molecule has 1 heterocycles. The molecule has 6 N–H and O–H groups in total. The van der Waals surface area contributed by atoms with Gasteiger partial charge in [0.2, 0.25) is 0 Å². The number of aliphatic hydroxyl groups excluding tert-OH is 4. The van der Waals surface area contributed by atoms with Gasteiger partial charge in [-0.2, -0.15) is 0 Å². The van der Waals surface area contributed by atoms with Crippen LogP contribution in [0.25, 0.3) is 0 Å². The Morgan fingerprint density at radius 3 is 2.25 bits per heavy atom. The zero-order valence-electron chi connectivity index (χ0n) is 6.37. The van der Waals surface area contributed by atoms with Gasteiger partial charge in [0.15, 0.2) is 6.29 Å². The van der Waals surface area contributed by atoms with Gasteiger partial charge in [0.05, 0.1) is 12.6 Å². The molecule has 0 bridgehead atoms. The summed E-state index contributed by atoms with van der Waals surface area (Å²) in [5.74, 6) is 0. The van der Waals surface area contributed by atoms with Crippen LogP contribution in [0.1, 0.15) is 0 Å². The molecule has 1 fully saturated rings. The normalized spacial score (nSPS) is 49.2. The molecule has 0 radical (unpaired) electrons. The van der Waals surface area contributed by atoms with Crippen molar-refractivity contribution >= 4 is 0 Å². The molecule has 0 aromatic heterocycles. The molecular formula is C6H13NO5. The summed E-state index contributed by atoms with van der Waals surface area (Å²) in [6.07, 6.45) is -4.85. The van der Waals surface area contributed by atoms with Crippen LogP contribution < -0.4 is 5.73 Å². The first-order chi connectivity index (χ1) is 5.57. The van der Waals surface area contributed by atoms with Crippen LogP contribution in [-0.4, -0.2) is 57.7 Å². The van der Waals surface area contributed by atoms with E-state index in [2.05, 4.69) is 0 Å². The van der Waals surface area contributed by atoms with Crippen LogP contribution in [-0.2, 0) is 4.74 Å². The highest BCUT2D eigenvalue weighted by atomic mass is 16.6. The molecule has 1 saturated heterocycles. The molecule has 5 atom stereocenters. The van der Waals surface area contributed by atoms with Gasteiger partial charge in [0, 0.05) is 0 Å². The summed E-state index contributed by atoms with van der Waals surface area (Å²) in [6, 6.07) is -1.04. The Morgan fingerprint density at radius 1 is 1.17 bits per heavy atom. The van der Waals surface area contributed by atoms with Gasteiger partial charge in [-0.1, -0.05) is 0 Å². The maximum Gasteiger partial charge on any atom is 0.173 e. The fourth-order valence-corrected chi connectivity index (χ4v) is 1.12. The predicted octanol–water partition coefficient (Wildman–Crippen LogP) is -3.26. The van der Waals surface area contributed by atoms with Crippen molar-refractivity contribution in [3.8, 4) is 0 Å². The van der Waals surface area contributed by atoms with E-state index in [1.807, 2.05) is 0 Å². The standard InChI is InChI=1S/C6H13NO5/c7-3-5(10)4(9)2(1-8)12-6(3)11/h2-6,8-11H,1,7H2/t2-,3+,4+,5-,6-/m0/s1. The number of rotatable bonds is 1. The van der Waals surface area contributed by atoms with Crippen molar-refractivity contribution < 1.29 is 25.2 Å². The van der Waals surface area contributed by atoms with Crippen molar-refractivity contribution in [3.63, 3.8) is 0 Å². The molecule has 72 valence electrons. The average molecular weight is 179 g/mol. The third kappa shape index (κ3) is 1.58. The molecule has 12 heavy (non-hydrogen) atoms. The minimum atomic E-state index is -1.35.